The summed E-state index contributed by atoms with van der Waals surface area (Å²) in [5, 5.41) is 7.25. The summed E-state index contributed by atoms with van der Waals surface area (Å²) in [6.07, 6.45) is 5.62. The minimum absolute atomic E-state index is 0.662. The number of aromatic nitrogens is 3. The monoisotopic (exact) mass is 245 g/mol. The highest BCUT2D eigenvalue weighted by Gasteiger charge is 2.10. The van der Waals surface area contributed by atoms with E-state index in [4.69, 9.17) is 5.73 Å². The molecule has 0 fully saturated rings. The van der Waals surface area contributed by atoms with Crippen LogP contribution in [0.1, 0.15) is 11.1 Å². The number of rotatable bonds is 5. The summed E-state index contributed by atoms with van der Waals surface area (Å²) in [6.45, 7) is 4.40. The van der Waals surface area contributed by atoms with Gasteiger partial charge in [0.25, 0.3) is 0 Å². The van der Waals surface area contributed by atoms with Gasteiger partial charge in [0.1, 0.15) is 0 Å². The Labute approximate surface area is 107 Å². The van der Waals surface area contributed by atoms with E-state index in [0.29, 0.717) is 6.54 Å². The molecule has 96 valence electrons. The SMILES string of the molecule is Cc1cncc(-c2n[nH]cc2CN(C)CCN)c1. The molecule has 0 aliphatic rings. The lowest BCUT2D eigenvalue weighted by Crippen LogP contribution is -2.25. The standard InChI is InChI=1S/C13H19N5/c1-10-5-11(7-15-6-10)13-12(8-16-17-13)9-18(2)4-3-14/h5-8H,3-4,9,14H2,1-2H3,(H,16,17). The van der Waals surface area contributed by atoms with E-state index < -0.39 is 0 Å². The van der Waals surface area contributed by atoms with Crippen molar-refractivity contribution in [2.24, 2.45) is 5.73 Å². The molecule has 0 spiro atoms. The van der Waals surface area contributed by atoms with Gasteiger partial charge >= 0.3 is 0 Å². The Morgan fingerprint density at radius 3 is 2.94 bits per heavy atom. The van der Waals surface area contributed by atoms with Gasteiger partial charge in [0.05, 0.1) is 5.69 Å². The maximum Gasteiger partial charge on any atom is 0.0981 e. The third-order valence-corrected chi connectivity index (χ3v) is 2.82. The lowest BCUT2D eigenvalue weighted by Gasteiger charge is -2.14. The van der Waals surface area contributed by atoms with Crippen LogP contribution in [0.3, 0.4) is 0 Å². The third kappa shape index (κ3) is 2.94. The highest BCUT2D eigenvalue weighted by Crippen LogP contribution is 2.21. The van der Waals surface area contributed by atoms with Crippen LogP contribution in [0.5, 0.6) is 0 Å². The van der Waals surface area contributed by atoms with Crippen molar-refractivity contribution >= 4 is 0 Å². The Bertz CT molecular complexity index is 506. The van der Waals surface area contributed by atoms with Gasteiger partial charge in [-0.25, -0.2) is 0 Å². The second kappa shape index (κ2) is 5.75. The minimum Gasteiger partial charge on any atom is -0.329 e. The first kappa shape index (κ1) is 12.7. The van der Waals surface area contributed by atoms with E-state index in [0.717, 1.165) is 29.9 Å². The second-order valence-corrected chi connectivity index (χ2v) is 4.54. The summed E-state index contributed by atoms with van der Waals surface area (Å²) in [4.78, 5) is 6.39. The third-order valence-electron chi connectivity index (χ3n) is 2.82. The van der Waals surface area contributed by atoms with Crippen molar-refractivity contribution in [3.05, 3.63) is 35.8 Å². The van der Waals surface area contributed by atoms with Crippen molar-refractivity contribution in [2.75, 3.05) is 20.1 Å². The molecule has 18 heavy (non-hydrogen) atoms. The zero-order valence-corrected chi connectivity index (χ0v) is 10.8. The van der Waals surface area contributed by atoms with Gasteiger partial charge in [-0.1, -0.05) is 0 Å². The fourth-order valence-corrected chi connectivity index (χ4v) is 1.96. The van der Waals surface area contributed by atoms with Crippen LogP contribution in [0, 0.1) is 6.92 Å². The number of hydrogen-bond donors (Lipinski definition) is 2. The van der Waals surface area contributed by atoms with Gasteiger partial charge in [-0.2, -0.15) is 5.10 Å². The highest BCUT2D eigenvalue weighted by molar-refractivity contribution is 5.62. The predicted octanol–water partition coefficient (Wildman–Crippen LogP) is 1.17. The largest absolute Gasteiger partial charge is 0.329 e. The second-order valence-electron chi connectivity index (χ2n) is 4.54. The van der Waals surface area contributed by atoms with E-state index in [2.05, 4.69) is 33.2 Å². The van der Waals surface area contributed by atoms with Crippen LogP contribution in [0.4, 0.5) is 0 Å². The molecule has 0 bridgehead atoms. The molecule has 2 aromatic rings. The van der Waals surface area contributed by atoms with E-state index in [1.807, 2.05) is 25.5 Å². The molecule has 2 heterocycles. The maximum absolute atomic E-state index is 5.55. The minimum atomic E-state index is 0.662. The average molecular weight is 245 g/mol. The number of aryl methyl sites for hydroxylation is 1. The van der Waals surface area contributed by atoms with Gasteiger partial charge < -0.3 is 10.6 Å². The quantitative estimate of drug-likeness (QED) is 0.829. The Kier molecular flexibility index (Phi) is 4.07. The highest BCUT2D eigenvalue weighted by atomic mass is 15.1. The zero-order valence-electron chi connectivity index (χ0n) is 10.8. The smallest absolute Gasteiger partial charge is 0.0981 e. The molecular weight excluding hydrogens is 226 g/mol. The number of pyridine rings is 1. The van der Waals surface area contributed by atoms with Crippen LogP contribution in [0.25, 0.3) is 11.3 Å². The van der Waals surface area contributed by atoms with Gasteiger partial charge in [0, 0.05) is 49.4 Å². The number of likely N-dealkylation sites (N-methyl/N-ethyl adjacent to an activating group) is 1. The topological polar surface area (TPSA) is 70.8 Å². The molecule has 0 aromatic carbocycles. The van der Waals surface area contributed by atoms with Crippen molar-refractivity contribution < 1.29 is 0 Å². The fraction of sp³-hybridized carbons (Fsp3) is 0.385. The summed E-state index contributed by atoms with van der Waals surface area (Å²) >= 11 is 0. The number of hydrogen-bond acceptors (Lipinski definition) is 4. The lowest BCUT2D eigenvalue weighted by atomic mass is 10.1. The molecule has 0 saturated carbocycles. The number of nitrogens with two attached hydrogens (primary N) is 1. The Morgan fingerprint density at radius 1 is 1.39 bits per heavy atom. The maximum atomic E-state index is 5.55. The first-order valence-corrected chi connectivity index (χ1v) is 6.04. The van der Waals surface area contributed by atoms with Crippen LogP contribution in [-0.4, -0.2) is 40.2 Å². The summed E-state index contributed by atoms with van der Waals surface area (Å²) in [6, 6.07) is 2.09. The first-order valence-electron chi connectivity index (χ1n) is 6.04. The Hall–Kier alpha value is -1.72. The summed E-state index contributed by atoms with van der Waals surface area (Å²) in [5.74, 6) is 0. The van der Waals surface area contributed by atoms with Crippen molar-refractivity contribution in [2.45, 2.75) is 13.5 Å². The fourth-order valence-electron chi connectivity index (χ4n) is 1.96. The number of aromatic amines is 1. The van der Waals surface area contributed by atoms with Crippen molar-refractivity contribution in [3.8, 4) is 11.3 Å². The summed E-state index contributed by atoms with van der Waals surface area (Å²) < 4.78 is 0. The van der Waals surface area contributed by atoms with Crippen LogP contribution in [0.15, 0.2) is 24.7 Å². The first-order chi connectivity index (χ1) is 8.70. The van der Waals surface area contributed by atoms with Gasteiger partial charge in [-0.05, 0) is 25.6 Å². The lowest BCUT2D eigenvalue weighted by molar-refractivity contribution is 0.337. The normalized spacial score (nSPS) is 11.1. The molecule has 0 unspecified atom stereocenters. The van der Waals surface area contributed by atoms with Gasteiger partial charge in [0.15, 0.2) is 0 Å². The molecule has 0 aliphatic heterocycles. The van der Waals surface area contributed by atoms with Crippen LogP contribution in [-0.2, 0) is 6.54 Å². The molecule has 0 radical (unpaired) electrons. The molecule has 0 saturated heterocycles. The Balaban J connectivity index is 2.22. The van der Waals surface area contributed by atoms with E-state index in [1.165, 1.54) is 5.56 Å². The average Bonchev–Trinajstić information content (AvgIpc) is 2.77. The molecular formula is C13H19N5. The van der Waals surface area contributed by atoms with Gasteiger partial charge in [-0.15, -0.1) is 0 Å². The number of nitrogens with one attached hydrogen (secondary N) is 1. The molecule has 5 heteroatoms. The summed E-state index contributed by atoms with van der Waals surface area (Å²) in [7, 11) is 2.05. The molecule has 2 rings (SSSR count). The van der Waals surface area contributed by atoms with E-state index in [1.54, 1.807) is 0 Å². The number of H-pyrrole nitrogens is 1. The predicted molar refractivity (Wildman–Crippen MR) is 71.9 cm³/mol. The van der Waals surface area contributed by atoms with E-state index >= 15 is 0 Å². The van der Waals surface area contributed by atoms with Crippen LogP contribution in [0.2, 0.25) is 0 Å². The molecule has 0 aliphatic carbocycles. The van der Waals surface area contributed by atoms with E-state index in [-0.39, 0.29) is 0 Å². The van der Waals surface area contributed by atoms with Crippen LogP contribution < -0.4 is 5.73 Å². The van der Waals surface area contributed by atoms with E-state index in [9.17, 15) is 0 Å². The molecule has 3 N–H and O–H groups in total. The van der Waals surface area contributed by atoms with Gasteiger partial charge in [0.2, 0.25) is 0 Å². The van der Waals surface area contributed by atoms with Gasteiger partial charge in [-0.3, -0.25) is 10.1 Å². The summed E-state index contributed by atoms with van der Waals surface area (Å²) in [5.41, 5.74) is 9.87. The molecule has 2 aromatic heterocycles. The van der Waals surface area contributed by atoms with Crippen LogP contribution >= 0.6 is 0 Å². The zero-order chi connectivity index (χ0) is 13.0. The van der Waals surface area contributed by atoms with Crippen molar-refractivity contribution in [1.82, 2.24) is 20.1 Å². The molecule has 0 amide bonds. The Morgan fingerprint density at radius 2 is 2.22 bits per heavy atom. The van der Waals surface area contributed by atoms with Crippen molar-refractivity contribution in [1.29, 1.82) is 0 Å². The molecule has 5 nitrogen and oxygen atoms in total. The molecule has 0 atom stereocenters. The van der Waals surface area contributed by atoms with Crippen molar-refractivity contribution in [3.63, 3.8) is 0 Å². The number of nitrogens with zero attached hydrogens (tertiary/aromatic N) is 3.